The van der Waals surface area contributed by atoms with Gasteiger partial charge in [-0.2, -0.15) is 27.7 Å². The molecule has 4 aromatic rings. The molecule has 0 saturated heterocycles. The first-order chi connectivity index (χ1) is 21.9. The van der Waals surface area contributed by atoms with Gasteiger partial charge in [0.2, 0.25) is 5.95 Å². The zero-order valence-corrected chi connectivity index (χ0v) is 30.3. The van der Waals surface area contributed by atoms with Gasteiger partial charge in [-0.05, 0) is 43.5 Å². The molecule has 1 aromatic heterocycles. The predicted octanol–water partition coefficient (Wildman–Crippen LogP) is 8.65. The SMILES string of the molecule is CC.CC.CC.CC.COS(=O)O.Cc1nc(C)nc(N(C)c2cccc3cc(S(=O)(=O)O)c(N=Nc4ccccc4)c(O)c23)n1. The van der Waals surface area contributed by atoms with E-state index >= 15 is 0 Å². The summed E-state index contributed by atoms with van der Waals surface area (Å²) in [6, 6.07) is 14.9. The van der Waals surface area contributed by atoms with E-state index < -0.39 is 32.1 Å². The van der Waals surface area contributed by atoms with E-state index in [1.54, 1.807) is 74.3 Å². The second-order valence-electron chi connectivity index (χ2n) is 7.63. The smallest absolute Gasteiger partial charge is 0.301 e. The molecule has 3 N–H and O–H groups in total. The second-order valence-corrected chi connectivity index (χ2v) is 9.79. The molecule has 0 amide bonds. The summed E-state index contributed by atoms with van der Waals surface area (Å²) in [5, 5.41) is 19.8. The first-order valence-electron chi connectivity index (χ1n) is 14.7. The fraction of sp³-hybridized carbons (Fsp3) is 0.387. The first-order valence-corrected chi connectivity index (χ1v) is 17.2. The number of fused-ring (bicyclic) bond motifs is 1. The van der Waals surface area contributed by atoms with Gasteiger partial charge in [-0.15, -0.1) is 5.11 Å². The molecule has 15 heteroatoms. The zero-order valence-electron chi connectivity index (χ0n) is 28.7. The molecule has 0 aliphatic heterocycles. The number of nitrogens with zero attached hydrogens (tertiary/aromatic N) is 6. The summed E-state index contributed by atoms with van der Waals surface area (Å²) in [6.07, 6.45) is 0. The number of rotatable bonds is 6. The van der Waals surface area contributed by atoms with Crippen molar-refractivity contribution in [2.75, 3.05) is 19.1 Å². The van der Waals surface area contributed by atoms with E-state index in [4.69, 9.17) is 4.55 Å². The molecule has 4 rings (SSSR count). The van der Waals surface area contributed by atoms with E-state index in [1.807, 2.05) is 55.4 Å². The molecule has 0 bridgehead atoms. The minimum absolute atomic E-state index is 0.296. The second kappa shape index (κ2) is 23.4. The normalized spacial score (nSPS) is 10.7. The molecule has 1 atom stereocenters. The van der Waals surface area contributed by atoms with Crippen molar-refractivity contribution < 1.29 is 31.0 Å². The maximum Gasteiger partial charge on any atom is 0.301 e. The minimum Gasteiger partial charge on any atom is -0.505 e. The van der Waals surface area contributed by atoms with Gasteiger partial charge in [-0.1, -0.05) is 85.7 Å². The highest BCUT2D eigenvalue weighted by atomic mass is 32.2. The van der Waals surface area contributed by atoms with E-state index in [0.29, 0.717) is 39.7 Å². The molecule has 0 fully saturated rings. The lowest BCUT2D eigenvalue weighted by Gasteiger charge is -2.21. The quantitative estimate of drug-likeness (QED) is 0.100. The zero-order chi connectivity index (χ0) is 36.0. The van der Waals surface area contributed by atoms with Gasteiger partial charge < -0.3 is 10.0 Å². The Labute approximate surface area is 276 Å². The van der Waals surface area contributed by atoms with Gasteiger partial charge in [0, 0.05) is 12.4 Å². The summed E-state index contributed by atoms with van der Waals surface area (Å²) in [7, 11) is -1.85. The highest BCUT2D eigenvalue weighted by Crippen LogP contribution is 2.45. The summed E-state index contributed by atoms with van der Waals surface area (Å²) < 4.78 is 54.6. The van der Waals surface area contributed by atoms with Crippen molar-refractivity contribution in [2.24, 2.45) is 10.2 Å². The fourth-order valence-corrected chi connectivity index (χ4v) is 4.07. The third-order valence-electron chi connectivity index (χ3n) is 5.01. The molecular weight excluding hydrogens is 633 g/mol. The Bertz CT molecular complexity index is 1600. The molecule has 0 saturated carbocycles. The monoisotopic (exact) mass is 680 g/mol. The van der Waals surface area contributed by atoms with Crippen LogP contribution in [0.2, 0.25) is 0 Å². The van der Waals surface area contributed by atoms with Crippen molar-refractivity contribution in [3.05, 3.63) is 66.2 Å². The fourth-order valence-electron chi connectivity index (χ4n) is 3.41. The van der Waals surface area contributed by atoms with Gasteiger partial charge in [0.15, 0.2) is 5.75 Å². The van der Waals surface area contributed by atoms with Crippen LogP contribution in [0.1, 0.15) is 67.0 Å². The highest BCUT2D eigenvalue weighted by Gasteiger charge is 2.24. The van der Waals surface area contributed by atoms with Gasteiger partial charge in [0.05, 0.1) is 18.5 Å². The summed E-state index contributed by atoms with van der Waals surface area (Å²) in [6.45, 7) is 19.5. The van der Waals surface area contributed by atoms with E-state index in [-0.39, 0.29) is 5.69 Å². The average Bonchev–Trinajstić information content (AvgIpc) is 3.07. The minimum atomic E-state index is -4.71. The summed E-state index contributed by atoms with van der Waals surface area (Å²) in [5.41, 5.74) is 0.561. The van der Waals surface area contributed by atoms with E-state index in [1.165, 1.54) is 6.07 Å². The summed E-state index contributed by atoms with van der Waals surface area (Å²) in [5.74, 6) is 0.947. The molecule has 0 aliphatic rings. The van der Waals surface area contributed by atoms with E-state index in [2.05, 4.69) is 29.4 Å². The Morgan fingerprint density at radius 1 is 0.826 bits per heavy atom. The molecule has 256 valence electrons. The molecule has 13 nitrogen and oxygen atoms in total. The topological polar surface area (TPSA) is 188 Å². The largest absolute Gasteiger partial charge is 0.505 e. The maximum absolute atomic E-state index is 12.1. The molecule has 3 aromatic carbocycles. The van der Waals surface area contributed by atoms with Crippen molar-refractivity contribution in [3.63, 3.8) is 0 Å². The van der Waals surface area contributed by atoms with Gasteiger partial charge >= 0.3 is 11.4 Å². The van der Waals surface area contributed by atoms with Gasteiger partial charge in [0.25, 0.3) is 10.1 Å². The molecule has 0 spiro atoms. The maximum atomic E-state index is 12.1. The number of anilines is 2. The van der Waals surface area contributed by atoms with E-state index in [9.17, 15) is 22.3 Å². The molecule has 0 radical (unpaired) electrons. The number of benzene rings is 3. The summed E-state index contributed by atoms with van der Waals surface area (Å²) >= 11 is -2.07. The van der Waals surface area contributed by atoms with Crippen molar-refractivity contribution in [1.82, 2.24) is 15.0 Å². The van der Waals surface area contributed by atoms with Gasteiger partial charge in [-0.25, -0.2) is 4.98 Å². The van der Waals surface area contributed by atoms with Crippen LogP contribution in [-0.4, -0.2) is 55.9 Å². The van der Waals surface area contributed by atoms with Crippen molar-refractivity contribution in [2.45, 2.75) is 74.1 Å². The highest BCUT2D eigenvalue weighted by molar-refractivity contribution is 7.86. The summed E-state index contributed by atoms with van der Waals surface area (Å²) in [4.78, 5) is 14.0. The number of aryl methyl sites for hydroxylation is 2. The number of aromatic hydroxyl groups is 1. The lowest BCUT2D eigenvalue weighted by atomic mass is 10.1. The lowest BCUT2D eigenvalue weighted by molar-refractivity contribution is 0.379. The molecule has 46 heavy (non-hydrogen) atoms. The average molecular weight is 681 g/mol. The Kier molecular flexibility index (Phi) is 22.5. The predicted molar refractivity (Wildman–Crippen MR) is 187 cm³/mol. The molecule has 1 heterocycles. The first kappa shape index (κ1) is 44.2. The Balaban J connectivity index is 0. The van der Waals surface area contributed by atoms with Crippen molar-refractivity contribution >= 4 is 55.3 Å². The van der Waals surface area contributed by atoms with Crippen LogP contribution < -0.4 is 4.90 Å². The van der Waals surface area contributed by atoms with Crippen LogP contribution in [0, 0.1) is 13.8 Å². The Morgan fingerprint density at radius 2 is 1.33 bits per heavy atom. The number of phenolic OH excluding ortho intramolecular Hbond substituents is 1. The Hall–Kier alpha value is -3.89. The van der Waals surface area contributed by atoms with E-state index in [0.717, 1.165) is 7.11 Å². The van der Waals surface area contributed by atoms with Crippen LogP contribution in [0.4, 0.5) is 23.0 Å². The van der Waals surface area contributed by atoms with Crippen molar-refractivity contribution in [3.8, 4) is 5.75 Å². The molecule has 0 aliphatic carbocycles. The van der Waals surface area contributed by atoms with Crippen LogP contribution >= 0.6 is 0 Å². The number of phenols is 1. The van der Waals surface area contributed by atoms with Crippen LogP contribution in [0.3, 0.4) is 0 Å². The number of azo groups is 1. The van der Waals surface area contributed by atoms with Crippen molar-refractivity contribution in [1.29, 1.82) is 0 Å². The van der Waals surface area contributed by atoms with Crippen LogP contribution in [0.25, 0.3) is 10.8 Å². The van der Waals surface area contributed by atoms with Crippen LogP contribution in [0.15, 0.2) is 69.7 Å². The van der Waals surface area contributed by atoms with Crippen LogP contribution in [-0.2, 0) is 25.7 Å². The number of hydrogen-bond donors (Lipinski definition) is 3. The number of aromatic nitrogens is 3. The Morgan fingerprint density at radius 3 is 1.78 bits per heavy atom. The third kappa shape index (κ3) is 13.6. The van der Waals surface area contributed by atoms with Crippen LogP contribution in [0.5, 0.6) is 5.75 Å². The molecular formula is C31H48N6O7S2. The standard InChI is InChI=1S/C22H20N6O4S.4C2H6.CH4O3S/c1-13-23-14(2)25-22(24-13)28(3)17-11-7-8-15-12-18(33(30,31)32)20(21(29)19(15)17)27-26-16-9-5-4-6-10-16;4*1-2;1-4-5(2)3/h4-12,29H,1-3H3,(H,30,31,32);4*1-2H3;1H3,(H,2,3). The van der Waals surface area contributed by atoms with Gasteiger partial charge in [-0.3, -0.25) is 13.3 Å². The van der Waals surface area contributed by atoms with Gasteiger partial charge in [0.1, 0.15) is 22.2 Å². The third-order valence-corrected chi connectivity index (χ3v) is 6.16. The number of hydrogen-bond acceptors (Lipinski definition) is 11. The lowest BCUT2D eigenvalue weighted by Crippen LogP contribution is -2.15. The molecule has 1 unspecified atom stereocenters.